The van der Waals surface area contributed by atoms with Crippen molar-refractivity contribution >= 4 is 29.3 Å². The predicted molar refractivity (Wildman–Crippen MR) is 122 cm³/mol. The molecule has 3 atom stereocenters. The minimum Gasteiger partial charge on any atom is -0.503 e. The van der Waals surface area contributed by atoms with Crippen molar-refractivity contribution in [2.24, 2.45) is 11.8 Å². The lowest BCUT2D eigenvalue weighted by molar-refractivity contribution is -0.151. The van der Waals surface area contributed by atoms with Crippen LogP contribution in [0.4, 0.5) is 0 Å². The number of ketones is 1. The summed E-state index contributed by atoms with van der Waals surface area (Å²) < 4.78 is 20.5. The van der Waals surface area contributed by atoms with Crippen molar-refractivity contribution in [3.8, 4) is 11.5 Å². The summed E-state index contributed by atoms with van der Waals surface area (Å²) in [5, 5.41) is 13.4. The number of esters is 2. The quantitative estimate of drug-likeness (QED) is 0.335. The van der Waals surface area contributed by atoms with Crippen LogP contribution in [0.5, 0.6) is 11.5 Å². The van der Waals surface area contributed by atoms with Crippen molar-refractivity contribution < 1.29 is 38.4 Å². The van der Waals surface area contributed by atoms with Gasteiger partial charge in [0.25, 0.3) is 0 Å². The Morgan fingerprint density at radius 1 is 1.21 bits per heavy atom. The highest BCUT2D eigenvalue weighted by Crippen LogP contribution is 2.48. The summed E-state index contributed by atoms with van der Waals surface area (Å²) in [7, 11) is 4.08. The number of phenolic OH excluding ortho intramolecular Hbond substituents is 1. The van der Waals surface area contributed by atoms with Gasteiger partial charge in [0.1, 0.15) is 12.5 Å². The van der Waals surface area contributed by atoms with Gasteiger partial charge in [-0.25, -0.2) is 4.79 Å². The number of aromatic hydroxyl groups is 1. The number of allylic oxidation sites excluding steroid dienone is 3. The molecule has 0 unspecified atom stereocenters. The van der Waals surface area contributed by atoms with E-state index in [2.05, 4.69) is 5.32 Å². The molecule has 0 bridgehead atoms. The molecule has 0 saturated carbocycles. The molecular weight excluding hydrogens is 466 g/mol. The van der Waals surface area contributed by atoms with Gasteiger partial charge in [-0.2, -0.15) is 0 Å². The standard InChI is InChI=1S/C24H28ClNO8/c1-11-8-15-20(22(28)17(11)23(29)33-5)19(13-9-14(25)21(27)16(10-13)32-4)18(12(2)26-15)24(30)34-7-6-31-3/h9-11,17,19,26-27H,6-8H2,1-5H3/t11-,17-,19-/m1/s1. The second-order valence-electron chi connectivity index (χ2n) is 8.22. The van der Waals surface area contributed by atoms with Gasteiger partial charge in [0.2, 0.25) is 0 Å². The Hall–Kier alpha value is -3.04. The third kappa shape index (κ3) is 4.63. The van der Waals surface area contributed by atoms with Gasteiger partial charge < -0.3 is 29.4 Å². The number of rotatable bonds is 7. The van der Waals surface area contributed by atoms with E-state index in [0.29, 0.717) is 23.4 Å². The zero-order chi connectivity index (χ0) is 25.2. The number of hydrogen-bond donors (Lipinski definition) is 2. The fourth-order valence-electron chi connectivity index (χ4n) is 4.50. The third-order valence-electron chi connectivity index (χ3n) is 6.09. The normalized spacial score (nSPS) is 22.2. The van der Waals surface area contributed by atoms with Crippen molar-refractivity contribution in [1.29, 1.82) is 0 Å². The molecule has 0 spiro atoms. The van der Waals surface area contributed by atoms with Gasteiger partial charge in [0.05, 0.1) is 31.4 Å². The Morgan fingerprint density at radius 2 is 1.91 bits per heavy atom. The second kappa shape index (κ2) is 10.5. The predicted octanol–water partition coefficient (Wildman–Crippen LogP) is 2.86. The Kier molecular flexibility index (Phi) is 7.89. The first-order valence-electron chi connectivity index (χ1n) is 10.7. The van der Waals surface area contributed by atoms with E-state index in [9.17, 15) is 19.5 Å². The van der Waals surface area contributed by atoms with Gasteiger partial charge in [-0.15, -0.1) is 0 Å². The van der Waals surface area contributed by atoms with Crippen molar-refractivity contribution in [2.75, 3.05) is 34.5 Å². The Labute approximate surface area is 202 Å². The average Bonchev–Trinajstić information content (AvgIpc) is 2.79. The number of carbonyl (C=O) groups excluding carboxylic acids is 3. The molecule has 3 rings (SSSR count). The van der Waals surface area contributed by atoms with E-state index in [4.69, 9.17) is 30.5 Å². The van der Waals surface area contributed by atoms with E-state index in [1.54, 1.807) is 13.8 Å². The van der Waals surface area contributed by atoms with Crippen LogP contribution in [0.3, 0.4) is 0 Å². The van der Waals surface area contributed by atoms with Crippen LogP contribution in [-0.2, 0) is 28.6 Å². The Bertz CT molecular complexity index is 1080. The fraction of sp³-hybridized carbons (Fsp3) is 0.458. The maximum atomic E-state index is 13.7. The van der Waals surface area contributed by atoms with Gasteiger partial charge in [-0.05, 0) is 37.0 Å². The zero-order valence-electron chi connectivity index (χ0n) is 19.7. The van der Waals surface area contributed by atoms with Crippen LogP contribution in [0.1, 0.15) is 31.7 Å². The summed E-state index contributed by atoms with van der Waals surface area (Å²) in [6.45, 7) is 3.72. The topological polar surface area (TPSA) is 120 Å². The number of benzene rings is 1. The number of Topliss-reactive ketones (excluding diaryl/α,β-unsaturated/α-hetero) is 1. The number of halogens is 1. The first kappa shape index (κ1) is 25.6. The molecule has 1 aromatic carbocycles. The van der Waals surface area contributed by atoms with Crippen LogP contribution >= 0.6 is 11.6 Å². The van der Waals surface area contributed by atoms with Crippen molar-refractivity contribution in [1.82, 2.24) is 5.32 Å². The first-order valence-corrected chi connectivity index (χ1v) is 11.1. The van der Waals surface area contributed by atoms with Crippen molar-refractivity contribution in [2.45, 2.75) is 26.2 Å². The highest BCUT2D eigenvalue weighted by molar-refractivity contribution is 6.32. The highest BCUT2D eigenvalue weighted by atomic mass is 35.5. The molecular formula is C24H28ClNO8. The number of hydrogen-bond acceptors (Lipinski definition) is 9. The SMILES string of the molecule is COCCOC(=O)C1=C(C)NC2=C(C(=O)[C@H](C(=O)OC)[C@H](C)C2)[C@@H]1c1cc(Cl)c(O)c(OC)c1. The maximum Gasteiger partial charge on any atom is 0.336 e. The zero-order valence-corrected chi connectivity index (χ0v) is 20.4. The lowest BCUT2D eigenvalue weighted by Crippen LogP contribution is -2.43. The van der Waals surface area contributed by atoms with Gasteiger partial charge in [-0.1, -0.05) is 18.5 Å². The van der Waals surface area contributed by atoms with E-state index < -0.39 is 29.6 Å². The molecule has 1 aliphatic carbocycles. The lowest BCUT2D eigenvalue weighted by Gasteiger charge is -2.38. The maximum absolute atomic E-state index is 13.7. The molecule has 0 aromatic heterocycles. The minimum absolute atomic E-state index is 0.0130. The van der Waals surface area contributed by atoms with Crippen LogP contribution in [0, 0.1) is 11.8 Å². The van der Waals surface area contributed by atoms with Gasteiger partial charge in [0, 0.05) is 30.0 Å². The van der Waals surface area contributed by atoms with Crippen molar-refractivity contribution in [3.05, 3.63) is 45.3 Å². The number of carbonyl (C=O) groups is 3. The molecule has 1 aromatic rings. The van der Waals surface area contributed by atoms with E-state index in [0.717, 1.165) is 0 Å². The van der Waals surface area contributed by atoms with Gasteiger partial charge >= 0.3 is 11.9 Å². The number of dihydropyridines is 1. The Balaban J connectivity index is 2.21. The minimum atomic E-state index is -1.02. The molecule has 184 valence electrons. The summed E-state index contributed by atoms with van der Waals surface area (Å²) >= 11 is 6.25. The molecule has 10 heteroatoms. The molecule has 9 nitrogen and oxygen atoms in total. The fourth-order valence-corrected chi connectivity index (χ4v) is 4.72. The van der Waals surface area contributed by atoms with Crippen LogP contribution in [0.15, 0.2) is 34.7 Å². The number of methoxy groups -OCH3 is 3. The molecule has 1 aliphatic heterocycles. The molecule has 1 heterocycles. The number of phenols is 1. The molecule has 34 heavy (non-hydrogen) atoms. The molecule has 2 aliphatic rings. The van der Waals surface area contributed by atoms with Gasteiger partial charge in [-0.3, -0.25) is 9.59 Å². The molecule has 2 N–H and O–H groups in total. The third-order valence-corrected chi connectivity index (χ3v) is 6.38. The van der Waals surface area contributed by atoms with Crippen LogP contribution < -0.4 is 10.1 Å². The number of ether oxygens (including phenoxy) is 4. The second-order valence-corrected chi connectivity index (χ2v) is 8.62. The van der Waals surface area contributed by atoms with Crippen LogP contribution in [-0.4, -0.2) is 57.4 Å². The number of nitrogens with one attached hydrogen (secondary N) is 1. The van der Waals surface area contributed by atoms with E-state index in [-0.39, 0.29) is 46.8 Å². The molecule has 0 amide bonds. The summed E-state index contributed by atoms with van der Waals surface area (Å²) in [5.74, 6) is -4.17. The Morgan fingerprint density at radius 3 is 2.53 bits per heavy atom. The van der Waals surface area contributed by atoms with Gasteiger partial charge in [0.15, 0.2) is 17.3 Å². The highest BCUT2D eigenvalue weighted by Gasteiger charge is 2.47. The molecule has 0 saturated heterocycles. The lowest BCUT2D eigenvalue weighted by atomic mass is 9.69. The summed E-state index contributed by atoms with van der Waals surface area (Å²) in [6, 6.07) is 2.98. The summed E-state index contributed by atoms with van der Waals surface area (Å²) in [5.41, 5.74) is 1.98. The largest absolute Gasteiger partial charge is 0.503 e. The van der Waals surface area contributed by atoms with Crippen LogP contribution in [0.2, 0.25) is 5.02 Å². The summed E-state index contributed by atoms with van der Waals surface area (Å²) in [4.78, 5) is 39.3. The van der Waals surface area contributed by atoms with E-state index in [1.807, 2.05) is 0 Å². The first-order chi connectivity index (χ1) is 16.2. The smallest absolute Gasteiger partial charge is 0.336 e. The average molecular weight is 494 g/mol. The van der Waals surface area contributed by atoms with Crippen LogP contribution in [0.25, 0.3) is 0 Å². The van der Waals surface area contributed by atoms with Crippen molar-refractivity contribution in [3.63, 3.8) is 0 Å². The van der Waals surface area contributed by atoms with E-state index in [1.165, 1.54) is 33.5 Å². The molecule has 0 fully saturated rings. The van der Waals surface area contributed by atoms with E-state index >= 15 is 0 Å². The monoisotopic (exact) mass is 493 g/mol. The molecule has 0 radical (unpaired) electrons. The summed E-state index contributed by atoms with van der Waals surface area (Å²) in [6.07, 6.45) is 0.392.